The van der Waals surface area contributed by atoms with Gasteiger partial charge < -0.3 is 5.11 Å². The van der Waals surface area contributed by atoms with E-state index in [4.69, 9.17) is 0 Å². The number of halogens is 2. The minimum absolute atomic E-state index is 0.221. The predicted molar refractivity (Wildman–Crippen MR) is 73.4 cm³/mol. The summed E-state index contributed by atoms with van der Waals surface area (Å²) in [6, 6.07) is 14.8. The Labute approximate surface area is 115 Å². The molecule has 2 aromatic carbocycles. The number of thioether (sulfide) groups is 1. The van der Waals surface area contributed by atoms with Gasteiger partial charge in [-0.25, -0.2) is 0 Å². The molecule has 2 rings (SSSR count). The Morgan fingerprint density at radius 1 is 1.00 bits per heavy atom. The molecule has 0 aliphatic heterocycles. The van der Waals surface area contributed by atoms with Crippen LogP contribution in [0.4, 0.5) is 8.78 Å². The van der Waals surface area contributed by atoms with Crippen LogP contribution < -0.4 is 0 Å². The molecule has 1 unspecified atom stereocenters. The van der Waals surface area contributed by atoms with Crippen LogP contribution in [-0.2, 0) is 0 Å². The summed E-state index contributed by atoms with van der Waals surface area (Å²) in [7, 11) is 0. The molecule has 1 N–H and O–H groups in total. The fourth-order valence-corrected chi connectivity index (χ4v) is 2.50. The van der Waals surface area contributed by atoms with E-state index < -0.39 is 11.4 Å². The molecule has 0 spiro atoms. The summed E-state index contributed by atoms with van der Waals surface area (Å²) in [6.07, 6.45) is -1.82. The highest BCUT2D eigenvalue weighted by atomic mass is 32.2. The molecule has 1 nitrogen and oxygen atoms in total. The van der Waals surface area contributed by atoms with Crippen molar-refractivity contribution in [3.63, 3.8) is 0 Å². The molecule has 0 radical (unpaired) electrons. The molecule has 0 aliphatic carbocycles. The lowest BCUT2D eigenvalue weighted by Crippen LogP contribution is -2.22. The predicted octanol–water partition coefficient (Wildman–Crippen LogP) is 4.41. The Kier molecular flexibility index (Phi) is 4.22. The Morgan fingerprint density at radius 2 is 1.58 bits per heavy atom. The highest BCUT2D eigenvalue weighted by molar-refractivity contribution is 8.00. The standard InChI is InChI=1S/C15H14F2OS/c1-11-7-9-12(10-8-11)14(18)15(16,17)19-13-5-3-2-4-6-13/h2-10,14,18H,1H3. The summed E-state index contributed by atoms with van der Waals surface area (Å²) in [6.45, 7) is 1.87. The first kappa shape index (κ1) is 14.0. The maximum absolute atomic E-state index is 14.0. The molecule has 2 aromatic rings. The smallest absolute Gasteiger partial charge is 0.327 e. The number of aryl methyl sites for hydroxylation is 1. The maximum atomic E-state index is 14.0. The summed E-state index contributed by atoms with van der Waals surface area (Å²) in [4.78, 5) is 0.429. The van der Waals surface area contributed by atoms with E-state index in [1.807, 2.05) is 6.92 Å². The van der Waals surface area contributed by atoms with Gasteiger partial charge >= 0.3 is 5.25 Å². The van der Waals surface area contributed by atoms with Crippen molar-refractivity contribution in [3.05, 3.63) is 65.7 Å². The lowest BCUT2D eigenvalue weighted by Gasteiger charge is -2.22. The molecular weight excluding hydrogens is 266 g/mol. The third-order valence-corrected chi connectivity index (χ3v) is 3.71. The van der Waals surface area contributed by atoms with Gasteiger partial charge in [-0.05, 0) is 36.4 Å². The Balaban J connectivity index is 2.16. The summed E-state index contributed by atoms with van der Waals surface area (Å²) >= 11 is 0.370. The molecule has 19 heavy (non-hydrogen) atoms. The Hall–Kier alpha value is -1.39. The fraction of sp³-hybridized carbons (Fsp3) is 0.200. The van der Waals surface area contributed by atoms with E-state index in [2.05, 4.69) is 0 Å². The zero-order valence-corrected chi connectivity index (χ0v) is 11.2. The number of benzene rings is 2. The maximum Gasteiger partial charge on any atom is 0.327 e. The molecule has 0 bridgehead atoms. The summed E-state index contributed by atoms with van der Waals surface area (Å²) in [5.74, 6) is 0. The van der Waals surface area contributed by atoms with E-state index in [1.54, 1.807) is 42.5 Å². The first-order chi connectivity index (χ1) is 8.99. The Bertz CT molecular complexity index is 526. The van der Waals surface area contributed by atoms with Crippen LogP contribution in [0, 0.1) is 6.92 Å². The van der Waals surface area contributed by atoms with Crippen LogP contribution in [0.25, 0.3) is 0 Å². The molecule has 0 amide bonds. The molecule has 0 fully saturated rings. The van der Waals surface area contributed by atoms with Gasteiger partial charge in [0.25, 0.3) is 0 Å². The van der Waals surface area contributed by atoms with Crippen LogP contribution in [-0.4, -0.2) is 10.4 Å². The lowest BCUT2D eigenvalue weighted by atomic mass is 10.1. The van der Waals surface area contributed by atoms with Gasteiger partial charge in [0.15, 0.2) is 6.10 Å². The van der Waals surface area contributed by atoms with Crippen LogP contribution >= 0.6 is 11.8 Å². The van der Waals surface area contributed by atoms with E-state index in [1.165, 1.54) is 12.1 Å². The third-order valence-electron chi connectivity index (χ3n) is 2.71. The highest BCUT2D eigenvalue weighted by Crippen LogP contribution is 2.44. The molecule has 4 heteroatoms. The van der Waals surface area contributed by atoms with E-state index >= 15 is 0 Å². The van der Waals surface area contributed by atoms with Crippen molar-refractivity contribution in [2.75, 3.05) is 0 Å². The SMILES string of the molecule is Cc1ccc(C(O)C(F)(F)Sc2ccccc2)cc1. The molecule has 0 heterocycles. The third kappa shape index (κ3) is 3.55. The van der Waals surface area contributed by atoms with Crippen LogP contribution in [0.15, 0.2) is 59.5 Å². The van der Waals surface area contributed by atoms with Crippen LogP contribution in [0.3, 0.4) is 0 Å². The summed E-state index contributed by atoms with van der Waals surface area (Å²) in [5.41, 5.74) is 1.19. The van der Waals surface area contributed by atoms with Crippen molar-refractivity contribution in [1.82, 2.24) is 0 Å². The molecule has 100 valence electrons. The van der Waals surface area contributed by atoms with Crippen LogP contribution in [0.2, 0.25) is 0 Å². The van der Waals surface area contributed by atoms with Crippen molar-refractivity contribution in [2.45, 2.75) is 23.2 Å². The molecular formula is C15H14F2OS. The molecule has 0 aromatic heterocycles. The number of aliphatic hydroxyl groups excluding tert-OH is 1. The van der Waals surface area contributed by atoms with Gasteiger partial charge in [-0.15, -0.1) is 0 Å². The van der Waals surface area contributed by atoms with Crippen LogP contribution in [0.1, 0.15) is 17.2 Å². The number of rotatable bonds is 4. The average molecular weight is 280 g/mol. The first-order valence-electron chi connectivity index (χ1n) is 5.85. The second-order valence-corrected chi connectivity index (χ2v) is 5.51. The monoisotopic (exact) mass is 280 g/mol. The second kappa shape index (κ2) is 5.72. The topological polar surface area (TPSA) is 20.2 Å². The summed E-state index contributed by atoms with van der Waals surface area (Å²) < 4.78 is 28.0. The van der Waals surface area contributed by atoms with Gasteiger partial charge in [-0.2, -0.15) is 8.78 Å². The van der Waals surface area contributed by atoms with Crippen molar-refractivity contribution in [2.24, 2.45) is 0 Å². The van der Waals surface area contributed by atoms with Gasteiger partial charge in [0.05, 0.1) is 0 Å². The molecule has 0 saturated carbocycles. The van der Waals surface area contributed by atoms with Gasteiger partial charge in [0.1, 0.15) is 0 Å². The minimum atomic E-state index is -3.27. The van der Waals surface area contributed by atoms with Gasteiger partial charge in [0, 0.05) is 4.90 Å². The quantitative estimate of drug-likeness (QED) is 0.837. The molecule has 0 aliphatic rings. The van der Waals surface area contributed by atoms with Crippen LogP contribution in [0.5, 0.6) is 0 Å². The second-order valence-electron chi connectivity index (χ2n) is 4.29. The zero-order chi connectivity index (χ0) is 13.9. The lowest BCUT2D eigenvalue weighted by molar-refractivity contribution is -0.0355. The highest BCUT2D eigenvalue weighted by Gasteiger charge is 2.40. The number of aliphatic hydroxyl groups is 1. The normalized spacial score (nSPS) is 13.3. The number of hydrogen-bond donors (Lipinski definition) is 1. The van der Waals surface area contributed by atoms with Gasteiger partial charge in [-0.3, -0.25) is 0 Å². The largest absolute Gasteiger partial charge is 0.381 e. The van der Waals surface area contributed by atoms with E-state index in [9.17, 15) is 13.9 Å². The van der Waals surface area contributed by atoms with Gasteiger partial charge in [0.2, 0.25) is 0 Å². The minimum Gasteiger partial charge on any atom is -0.381 e. The van der Waals surface area contributed by atoms with Crippen molar-refractivity contribution in [1.29, 1.82) is 0 Å². The fourth-order valence-electron chi connectivity index (χ4n) is 1.64. The van der Waals surface area contributed by atoms with Crippen molar-refractivity contribution >= 4 is 11.8 Å². The van der Waals surface area contributed by atoms with E-state index in [0.717, 1.165) is 5.56 Å². The Morgan fingerprint density at radius 3 is 2.16 bits per heavy atom. The zero-order valence-electron chi connectivity index (χ0n) is 10.4. The van der Waals surface area contributed by atoms with Crippen molar-refractivity contribution in [3.8, 4) is 0 Å². The molecule has 0 saturated heterocycles. The van der Waals surface area contributed by atoms with Gasteiger partial charge in [-0.1, -0.05) is 48.0 Å². The number of hydrogen-bond acceptors (Lipinski definition) is 2. The molecule has 1 atom stereocenters. The van der Waals surface area contributed by atoms with E-state index in [0.29, 0.717) is 16.7 Å². The van der Waals surface area contributed by atoms with Crippen molar-refractivity contribution < 1.29 is 13.9 Å². The first-order valence-corrected chi connectivity index (χ1v) is 6.67. The number of alkyl halides is 2. The summed E-state index contributed by atoms with van der Waals surface area (Å²) in [5, 5.41) is 6.56. The average Bonchev–Trinajstić information content (AvgIpc) is 2.39. The van der Waals surface area contributed by atoms with E-state index in [-0.39, 0.29) is 5.56 Å².